The molecule has 0 fully saturated rings. The third kappa shape index (κ3) is 2.19. The number of aromatic nitrogens is 3. The van der Waals surface area contributed by atoms with Crippen molar-refractivity contribution >= 4 is 28.5 Å². The number of aromatic amines is 1. The Balaban J connectivity index is 1.88. The zero-order valence-corrected chi connectivity index (χ0v) is 13.8. The lowest BCUT2D eigenvalue weighted by molar-refractivity contribution is -0.116. The van der Waals surface area contributed by atoms with Gasteiger partial charge in [-0.3, -0.25) is 19.0 Å². The van der Waals surface area contributed by atoms with E-state index in [9.17, 15) is 18.4 Å². The van der Waals surface area contributed by atoms with Gasteiger partial charge in [-0.1, -0.05) is 24.3 Å². The molecule has 1 amide bonds. The fraction of sp³-hybridized carbons (Fsp3) is 0.105. The van der Waals surface area contributed by atoms with Crippen molar-refractivity contribution in [3.63, 3.8) is 0 Å². The second-order valence-electron chi connectivity index (χ2n) is 6.42. The first-order valence-corrected chi connectivity index (χ1v) is 8.31. The van der Waals surface area contributed by atoms with E-state index >= 15 is 0 Å². The van der Waals surface area contributed by atoms with Crippen LogP contribution in [0, 0.1) is 11.6 Å². The minimum Gasteiger partial charge on any atom is -0.311 e. The summed E-state index contributed by atoms with van der Waals surface area (Å²) in [5, 5.41) is 2.70. The van der Waals surface area contributed by atoms with Crippen LogP contribution in [0.1, 0.15) is 23.5 Å². The number of carbonyl (C=O) groups excluding carboxylic acids is 1. The SMILES string of the molecule is O=C1C[C@H](c2cccc(F)c2F)c2c(n3c(nc4ccccc43)[nH]c2=O)N1. The lowest BCUT2D eigenvalue weighted by Gasteiger charge is -2.26. The number of rotatable bonds is 1. The molecule has 0 saturated carbocycles. The number of nitrogens with zero attached hydrogens (tertiary/aromatic N) is 2. The monoisotopic (exact) mass is 366 g/mol. The van der Waals surface area contributed by atoms with Crippen molar-refractivity contribution in [2.24, 2.45) is 0 Å². The molecule has 4 aromatic rings. The lowest BCUT2D eigenvalue weighted by atomic mass is 9.86. The molecule has 2 aromatic heterocycles. The Morgan fingerprint density at radius 2 is 1.89 bits per heavy atom. The summed E-state index contributed by atoms with van der Waals surface area (Å²) in [7, 11) is 0. The molecule has 2 N–H and O–H groups in total. The molecule has 1 aliphatic heterocycles. The van der Waals surface area contributed by atoms with Gasteiger partial charge in [-0.25, -0.2) is 13.8 Å². The molecule has 134 valence electrons. The largest absolute Gasteiger partial charge is 0.311 e. The highest BCUT2D eigenvalue weighted by Crippen LogP contribution is 2.37. The maximum absolute atomic E-state index is 14.4. The number of halogens is 2. The van der Waals surface area contributed by atoms with Gasteiger partial charge in [0.1, 0.15) is 5.82 Å². The number of carbonyl (C=O) groups is 1. The molecule has 27 heavy (non-hydrogen) atoms. The Kier molecular flexibility index (Phi) is 3.18. The molecule has 1 atom stereocenters. The summed E-state index contributed by atoms with van der Waals surface area (Å²) in [5.41, 5.74) is 0.965. The van der Waals surface area contributed by atoms with Crippen molar-refractivity contribution in [1.29, 1.82) is 0 Å². The molecule has 0 spiro atoms. The van der Waals surface area contributed by atoms with Crippen LogP contribution < -0.4 is 10.9 Å². The summed E-state index contributed by atoms with van der Waals surface area (Å²) in [6, 6.07) is 10.9. The Bertz CT molecular complexity index is 1310. The van der Waals surface area contributed by atoms with Crippen LogP contribution in [0.2, 0.25) is 0 Å². The predicted octanol–water partition coefficient (Wildman–Crippen LogP) is 2.93. The second-order valence-corrected chi connectivity index (χ2v) is 6.42. The first kappa shape index (κ1) is 15.7. The average molecular weight is 366 g/mol. The van der Waals surface area contributed by atoms with E-state index in [1.54, 1.807) is 16.5 Å². The van der Waals surface area contributed by atoms with Crippen LogP contribution >= 0.6 is 0 Å². The summed E-state index contributed by atoms with van der Waals surface area (Å²) < 4.78 is 29.8. The number of benzene rings is 2. The van der Waals surface area contributed by atoms with Crippen LogP contribution in [-0.4, -0.2) is 20.3 Å². The summed E-state index contributed by atoms with van der Waals surface area (Å²) in [5.74, 6) is -2.88. The molecular weight excluding hydrogens is 354 g/mol. The number of anilines is 1. The number of imidazole rings is 1. The smallest absolute Gasteiger partial charge is 0.258 e. The van der Waals surface area contributed by atoms with E-state index in [-0.39, 0.29) is 35.1 Å². The van der Waals surface area contributed by atoms with Crippen LogP contribution in [0.5, 0.6) is 0 Å². The molecule has 0 saturated heterocycles. The molecule has 3 heterocycles. The van der Waals surface area contributed by atoms with Crippen molar-refractivity contribution < 1.29 is 13.6 Å². The van der Waals surface area contributed by atoms with Gasteiger partial charge in [-0.15, -0.1) is 0 Å². The van der Waals surface area contributed by atoms with Gasteiger partial charge in [-0.05, 0) is 23.8 Å². The number of H-pyrrole nitrogens is 1. The van der Waals surface area contributed by atoms with Crippen LogP contribution in [-0.2, 0) is 4.79 Å². The highest BCUT2D eigenvalue weighted by Gasteiger charge is 2.34. The zero-order valence-electron chi connectivity index (χ0n) is 13.8. The van der Waals surface area contributed by atoms with Gasteiger partial charge in [0.2, 0.25) is 11.7 Å². The number of nitrogens with one attached hydrogen (secondary N) is 2. The summed E-state index contributed by atoms with van der Waals surface area (Å²) in [6.07, 6.45) is -0.158. The Morgan fingerprint density at radius 3 is 2.74 bits per heavy atom. The van der Waals surface area contributed by atoms with E-state index in [0.717, 1.165) is 6.07 Å². The molecule has 0 aliphatic carbocycles. The first-order chi connectivity index (χ1) is 13.0. The highest BCUT2D eigenvalue weighted by atomic mass is 19.2. The van der Waals surface area contributed by atoms with Crippen molar-refractivity contribution in [2.45, 2.75) is 12.3 Å². The van der Waals surface area contributed by atoms with Gasteiger partial charge >= 0.3 is 0 Å². The molecule has 0 unspecified atom stereocenters. The fourth-order valence-electron chi connectivity index (χ4n) is 3.71. The van der Waals surface area contributed by atoms with E-state index < -0.39 is 23.1 Å². The second kappa shape index (κ2) is 5.47. The highest BCUT2D eigenvalue weighted by molar-refractivity contribution is 5.96. The molecule has 8 heteroatoms. The van der Waals surface area contributed by atoms with Crippen LogP contribution in [0.15, 0.2) is 47.3 Å². The minimum atomic E-state index is -1.06. The van der Waals surface area contributed by atoms with Gasteiger partial charge in [0.05, 0.1) is 16.6 Å². The van der Waals surface area contributed by atoms with E-state index in [4.69, 9.17) is 0 Å². The Morgan fingerprint density at radius 1 is 1.07 bits per heavy atom. The van der Waals surface area contributed by atoms with Crippen LogP contribution in [0.3, 0.4) is 0 Å². The maximum Gasteiger partial charge on any atom is 0.258 e. The number of hydrogen-bond donors (Lipinski definition) is 2. The Labute approximate surface area is 150 Å². The zero-order chi connectivity index (χ0) is 18.7. The molecule has 1 aliphatic rings. The number of hydrogen-bond acceptors (Lipinski definition) is 3. The summed E-state index contributed by atoms with van der Waals surface area (Å²) >= 11 is 0. The lowest BCUT2D eigenvalue weighted by Crippen LogP contribution is -2.32. The normalized spacial score (nSPS) is 16.5. The Hall–Kier alpha value is -3.55. The standard InChI is InChI=1S/C19H12F2N4O2/c20-11-5-3-4-9(16(11)21)10-8-14(26)23-17-15(10)18(27)24-19-22-12-6-1-2-7-13(12)25(17)19/h1-7,10H,8H2,(H,23,26)(H,22,24,27)/t10-/m1/s1. The molecule has 5 rings (SSSR count). The van der Waals surface area contributed by atoms with E-state index in [1.165, 1.54) is 12.1 Å². The summed E-state index contributed by atoms with van der Waals surface area (Å²) in [4.78, 5) is 32.2. The number of fused-ring (bicyclic) bond motifs is 5. The molecule has 2 aromatic carbocycles. The first-order valence-electron chi connectivity index (χ1n) is 8.31. The van der Waals surface area contributed by atoms with Gasteiger partial charge in [0.25, 0.3) is 5.56 Å². The quantitative estimate of drug-likeness (QED) is 0.544. The minimum absolute atomic E-state index is 0.0274. The maximum atomic E-state index is 14.4. The average Bonchev–Trinajstić information content (AvgIpc) is 3.01. The molecule has 0 radical (unpaired) electrons. The third-order valence-corrected chi connectivity index (χ3v) is 4.86. The van der Waals surface area contributed by atoms with Crippen molar-refractivity contribution in [3.8, 4) is 0 Å². The number of para-hydroxylation sites is 2. The fourth-order valence-corrected chi connectivity index (χ4v) is 3.71. The molecule has 0 bridgehead atoms. The molecule has 6 nitrogen and oxygen atoms in total. The van der Waals surface area contributed by atoms with Crippen LogP contribution in [0.4, 0.5) is 14.6 Å². The van der Waals surface area contributed by atoms with Gasteiger partial charge in [-0.2, -0.15) is 0 Å². The van der Waals surface area contributed by atoms with E-state index in [2.05, 4.69) is 15.3 Å². The van der Waals surface area contributed by atoms with Crippen molar-refractivity contribution in [1.82, 2.24) is 14.4 Å². The van der Waals surface area contributed by atoms with E-state index in [0.29, 0.717) is 11.0 Å². The van der Waals surface area contributed by atoms with Crippen LogP contribution in [0.25, 0.3) is 16.8 Å². The van der Waals surface area contributed by atoms with Gasteiger partial charge in [0.15, 0.2) is 11.6 Å². The molecular formula is C19H12F2N4O2. The topological polar surface area (TPSA) is 79.3 Å². The van der Waals surface area contributed by atoms with Gasteiger partial charge < -0.3 is 5.32 Å². The van der Waals surface area contributed by atoms with E-state index in [1.807, 2.05) is 12.1 Å². The predicted molar refractivity (Wildman–Crippen MR) is 94.8 cm³/mol. The third-order valence-electron chi connectivity index (χ3n) is 4.86. The van der Waals surface area contributed by atoms with Crippen molar-refractivity contribution in [3.05, 3.63) is 75.6 Å². The van der Waals surface area contributed by atoms with Crippen molar-refractivity contribution in [2.75, 3.05) is 5.32 Å². The number of amides is 1. The summed E-state index contributed by atoms with van der Waals surface area (Å²) in [6.45, 7) is 0. The van der Waals surface area contributed by atoms with Gasteiger partial charge in [0, 0.05) is 12.3 Å².